The summed E-state index contributed by atoms with van der Waals surface area (Å²) in [5, 5.41) is 0. The fourth-order valence-corrected chi connectivity index (χ4v) is 7.04. The number of carbonyl (C=O) groups is 1. The van der Waals surface area contributed by atoms with Crippen LogP contribution in [0.1, 0.15) is 35.1 Å². The SMILES string of the molecule is Cc1cc(C)c(C)c(S(=O)(=O)N2CCC(C(=O)N3CCN(c4ccccn4)CC3)CC2)c1C. The van der Waals surface area contributed by atoms with Crippen LogP contribution in [0.3, 0.4) is 0 Å². The Kier molecular flexibility index (Phi) is 6.77. The quantitative estimate of drug-likeness (QED) is 0.687. The Morgan fingerprint density at radius 2 is 1.52 bits per heavy atom. The smallest absolute Gasteiger partial charge is 0.243 e. The molecule has 33 heavy (non-hydrogen) atoms. The van der Waals surface area contributed by atoms with Crippen molar-refractivity contribution in [2.45, 2.75) is 45.4 Å². The number of anilines is 1. The van der Waals surface area contributed by atoms with E-state index in [4.69, 9.17) is 0 Å². The second-order valence-corrected chi connectivity index (χ2v) is 11.1. The summed E-state index contributed by atoms with van der Waals surface area (Å²) in [6.45, 7) is 11.3. The molecule has 0 saturated carbocycles. The van der Waals surface area contributed by atoms with Gasteiger partial charge in [-0.05, 0) is 74.9 Å². The molecule has 2 fully saturated rings. The average Bonchev–Trinajstić information content (AvgIpc) is 2.83. The fraction of sp³-hybridized carbons (Fsp3) is 0.520. The first-order valence-corrected chi connectivity index (χ1v) is 13.2. The average molecular weight is 471 g/mol. The van der Waals surface area contributed by atoms with Crippen LogP contribution in [-0.2, 0) is 14.8 Å². The lowest BCUT2D eigenvalue weighted by Crippen LogP contribution is -2.52. The summed E-state index contributed by atoms with van der Waals surface area (Å²) in [6.07, 6.45) is 2.93. The molecule has 1 amide bonds. The third kappa shape index (κ3) is 4.64. The minimum Gasteiger partial charge on any atom is -0.353 e. The van der Waals surface area contributed by atoms with Crippen LogP contribution < -0.4 is 4.90 Å². The van der Waals surface area contributed by atoms with E-state index in [-0.39, 0.29) is 11.8 Å². The molecule has 0 radical (unpaired) electrons. The van der Waals surface area contributed by atoms with Crippen LogP contribution >= 0.6 is 0 Å². The van der Waals surface area contributed by atoms with Crippen molar-refractivity contribution in [3.05, 3.63) is 52.7 Å². The lowest BCUT2D eigenvalue weighted by Gasteiger charge is -2.38. The van der Waals surface area contributed by atoms with Crippen LogP contribution in [0.4, 0.5) is 5.82 Å². The van der Waals surface area contributed by atoms with Gasteiger partial charge in [0.25, 0.3) is 0 Å². The zero-order chi connectivity index (χ0) is 23.8. The van der Waals surface area contributed by atoms with Gasteiger partial charge in [-0.2, -0.15) is 4.31 Å². The molecular formula is C25H34N4O3S. The molecule has 0 spiro atoms. The first-order valence-electron chi connectivity index (χ1n) is 11.7. The molecule has 0 N–H and O–H groups in total. The number of hydrogen-bond donors (Lipinski definition) is 0. The summed E-state index contributed by atoms with van der Waals surface area (Å²) in [4.78, 5) is 22.1. The molecule has 2 aromatic rings. The maximum absolute atomic E-state index is 13.5. The predicted octanol–water partition coefficient (Wildman–Crippen LogP) is 3.06. The molecule has 1 aromatic heterocycles. The number of nitrogens with zero attached hydrogens (tertiary/aromatic N) is 4. The monoisotopic (exact) mass is 470 g/mol. The second-order valence-electron chi connectivity index (χ2n) is 9.27. The van der Waals surface area contributed by atoms with Crippen LogP contribution in [0.5, 0.6) is 0 Å². The lowest BCUT2D eigenvalue weighted by molar-refractivity contribution is -0.137. The predicted molar refractivity (Wildman–Crippen MR) is 130 cm³/mol. The molecule has 3 heterocycles. The zero-order valence-electron chi connectivity index (χ0n) is 20.0. The van der Waals surface area contributed by atoms with E-state index in [1.54, 1.807) is 10.5 Å². The van der Waals surface area contributed by atoms with Crippen LogP contribution in [-0.4, -0.2) is 67.8 Å². The normalized spacial score (nSPS) is 18.5. The maximum atomic E-state index is 13.5. The molecule has 0 aliphatic carbocycles. The van der Waals surface area contributed by atoms with Gasteiger partial charge in [-0.15, -0.1) is 0 Å². The van der Waals surface area contributed by atoms with Gasteiger partial charge in [-0.1, -0.05) is 12.1 Å². The number of aromatic nitrogens is 1. The van der Waals surface area contributed by atoms with Gasteiger partial charge in [-0.25, -0.2) is 13.4 Å². The van der Waals surface area contributed by atoms with Gasteiger partial charge in [0.1, 0.15) is 5.82 Å². The van der Waals surface area contributed by atoms with E-state index in [0.717, 1.165) is 41.2 Å². The van der Waals surface area contributed by atoms with Crippen molar-refractivity contribution in [2.24, 2.45) is 5.92 Å². The minimum absolute atomic E-state index is 0.112. The number of aryl methyl sites for hydroxylation is 2. The highest BCUT2D eigenvalue weighted by molar-refractivity contribution is 7.89. The van der Waals surface area contributed by atoms with Gasteiger partial charge >= 0.3 is 0 Å². The summed E-state index contributed by atoms with van der Waals surface area (Å²) in [7, 11) is -3.59. The van der Waals surface area contributed by atoms with Crippen molar-refractivity contribution >= 4 is 21.7 Å². The molecule has 2 aliphatic rings. The molecule has 8 heteroatoms. The Labute approximate surface area is 197 Å². The Morgan fingerprint density at radius 1 is 0.909 bits per heavy atom. The number of carbonyl (C=O) groups excluding carboxylic acids is 1. The molecule has 1 aromatic carbocycles. The Balaban J connectivity index is 1.38. The number of amides is 1. The van der Waals surface area contributed by atoms with Gasteiger partial charge in [0, 0.05) is 51.4 Å². The standard InChI is InChI=1S/C25H34N4O3S/c1-18-17-19(2)21(4)24(20(18)3)33(31,32)29-11-8-22(9-12-29)25(30)28-15-13-27(14-16-28)23-7-5-6-10-26-23/h5-7,10,17,22H,8-9,11-16H2,1-4H3. The highest BCUT2D eigenvalue weighted by atomic mass is 32.2. The van der Waals surface area contributed by atoms with Crippen LogP contribution in [0.2, 0.25) is 0 Å². The molecule has 2 aliphatic heterocycles. The second kappa shape index (κ2) is 9.43. The molecule has 0 unspecified atom stereocenters. The van der Waals surface area contributed by atoms with Crippen molar-refractivity contribution in [1.29, 1.82) is 0 Å². The number of hydrogen-bond acceptors (Lipinski definition) is 5. The number of benzene rings is 1. The third-order valence-corrected chi connectivity index (χ3v) is 9.44. The largest absolute Gasteiger partial charge is 0.353 e. The molecule has 0 bridgehead atoms. The number of sulfonamides is 1. The number of rotatable bonds is 4. The Hall–Kier alpha value is -2.45. The first-order chi connectivity index (χ1) is 15.7. The summed E-state index contributed by atoms with van der Waals surface area (Å²) >= 11 is 0. The van der Waals surface area contributed by atoms with Crippen LogP contribution in [0, 0.1) is 33.6 Å². The molecule has 178 valence electrons. The van der Waals surface area contributed by atoms with Gasteiger partial charge < -0.3 is 9.80 Å². The van der Waals surface area contributed by atoms with Crippen LogP contribution in [0.25, 0.3) is 0 Å². The van der Waals surface area contributed by atoms with Crippen molar-refractivity contribution in [2.75, 3.05) is 44.2 Å². The molecule has 0 atom stereocenters. The Bertz CT molecular complexity index is 1090. The van der Waals surface area contributed by atoms with Gasteiger partial charge in [-0.3, -0.25) is 4.79 Å². The van der Waals surface area contributed by atoms with E-state index in [2.05, 4.69) is 9.88 Å². The number of pyridine rings is 1. The van der Waals surface area contributed by atoms with E-state index in [9.17, 15) is 13.2 Å². The molecular weight excluding hydrogens is 436 g/mol. The molecule has 4 rings (SSSR count). The maximum Gasteiger partial charge on any atom is 0.243 e. The minimum atomic E-state index is -3.59. The van der Waals surface area contributed by atoms with E-state index in [1.807, 2.05) is 56.9 Å². The highest BCUT2D eigenvalue weighted by Gasteiger charge is 2.36. The molecule has 7 nitrogen and oxygen atoms in total. The third-order valence-electron chi connectivity index (χ3n) is 7.26. The Morgan fingerprint density at radius 3 is 2.06 bits per heavy atom. The fourth-order valence-electron chi connectivity index (χ4n) is 4.99. The van der Waals surface area contributed by atoms with Crippen molar-refractivity contribution in [1.82, 2.24) is 14.2 Å². The summed E-state index contributed by atoms with van der Waals surface area (Å²) in [5.74, 6) is 0.992. The van der Waals surface area contributed by atoms with Crippen molar-refractivity contribution < 1.29 is 13.2 Å². The summed E-state index contributed by atoms with van der Waals surface area (Å²) in [6, 6.07) is 7.91. The van der Waals surface area contributed by atoms with E-state index in [0.29, 0.717) is 43.9 Å². The van der Waals surface area contributed by atoms with Crippen LogP contribution in [0.15, 0.2) is 35.4 Å². The highest BCUT2D eigenvalue weighted by Crippen LogP contribution is 2.31. The first kappa shape index (κ1) is 23.7. The number of piperazine rings is 1. The van der Waals surface area contributed by atoms with Gasteiger partial charge in [0.2, 0.25) is 15.9 Å². The summed E-state index contributed by atoms with van der Waals surface area (Å²) < 4.78 is 28.6. The zero-order valence-corrected chi connectivity index (χ0v) is 20.9. The van der Waals surface area contributed by atoms with E-state index in [1.165, 1.54) is 0 Å². The van der Waals surface area contributed by atoms with Crippen molar-refractivity contribution in [3.63, 3.8) is 0 Å². The van der Waals surface area contributed by atoms with E-state index < -0.39 is 10.0 Å². The topological polar surface area (TPSA) is 73.8 Å². The van der Waals surface area contributed by atoms with Gasteiger partial charge in [0.15, 0.2) is 0 Å². The lowest BCUT2D eigenvalue weighted by atomic mass is 9.96. The number of piperidine rings is 1. The van der Waals surface area contributed by atoms with E-state index >= 15 is 0 Å². The van der Waals surface area contributed by atoms with Crippen molar-refractivity contribution in [3.8, 4) is 0 Å². The molecule has 2 saturated heterocycles. The van der Waals surface area contributed by atoms with Gasteiger partial charge in [0.05, 0.1) is 4.90 Å². The summed E-state index contributed by atoms with van der Waals surface area (Å²) in [5.41, 5.74) is 3.63.